The van der Waals surface area contributed by atoms with Gasteiger partial charge in [-0.05, 0) is 56.0 Å². The number of β-amino-alcohol motifs (C(OH)–C–C–N with tert-alkyl or cyclic N) is 1. The maximum absolute atomic E-state index is 13.6. The predicted octanol–water partition coefficient (Wildman–Crippen LogP) is 4.46. The van der Waals surface area contributed by atoms with E-state index in [2.05, 4.69) is 13.8 Å². The number of carbonyl (C=O) groups excluding carboxylic acids is 1. The number of aryl methyl sites for hydroxylation is 1. The summed E-state index contributed by atoms with van der Waals surface area (Å²) in [6, 6.07) is 10.1. The molecule has 0 unspecified atom stereocenters. The zero-order valence-electron chi connectivity index (χ0n) is 20.1. The van der Waals surface area contributed by atoms with Crippen molar-refractivity contribution in [2.75, 3.05) is 26.4 Å². The van der Waals surface area contributed by atoms with Crippen molar-refractivity contribution in [2.24, 2.45) is 5.92 Å². The molecule has 1 aliphatic rings. The van der Waals surface area contributed by atoms with Crippen molar-refractivity contribution >= 4 is 16.9 Å². The second kappa shape index (κ2) is 9.89. The number of hydrogen-bond donors (Lipinski definition) is 1. The molecule has 1 atom stereocenters. The van der Waals surface area contributed by atoms with Crippen molar-refractivity contribution in [1.29, 1.82) is 0 Å². The molecule has 34 heavy (non-hydrogen) atoms. The number of aliphatic hydroxyl groups excluding tert-OH is 1. The quantitative estimate of drug-likeness (QED) is 0.502. The maximum Gasteiger partial charge on any atom is 0.290 e. The molecule has 0 bridgehead atoms. The van der Waals surface area contributed by atoms with Gasteiger partial charge in [-0.15, -0.1) is 0 Å². The van der Waals surface area contributed by atoms with Crippen LogP contribution < -0.4 is 14.9 Å². The Morgan fingerprint density at radius 3 is 2.59 bits per heavy atom. The van der Waals surface area contributed by atoms with Crippen LogP contribution in [0.3, 0.4) is 0 Å². The third-order valence-corrected chi connectivity index (χ3v) is 6.00. The minimum absolute atomic E-state index is 0.0232. The van der Waals surface area contributed by atoms with Gasteiger partial charge >= 0.3 is 0 Å². The zero-order valence-corrected chi connectivity index (χ0v) is 20.1. The molecule has 7 nitrogen and oxygen atoms in total. The van der Waals surface area contributed by atoms with E-state index in [4.69, 9.17) is 13.9 Å². The van der Waals surface area contributed by atoms with E-state index in [0.717, 1.165) is 12.0 Å². The number of benzene rings is 2. The SMILES string of the molecule is CCOc1cc([C@H]2c3c(oc4ccc(C)cc4c3=O)C(=O)N2CCO)ccc1OCCC(C)C. The Morgan fingerprint density at radius 1 is 1.09 bits per heavy atom. The Labute approximate surface area is 198 Å². The number of ether oxygens (including phenoxy) is 2. The highest BCUT2D eigenvalue weighted by molar-refractivity contribution is 5.99. The summed E-state index contributed by atoms with van der Waals surface area (Å²) in [5, 5.41) is 10.1. The Balaban J connectivity index is 1.83. The fourth-order valence-electron chi connectivity index (χ4n) is 4.31. The molecule has 1 aromatic heterocycles. The lowest BCUT2D eigenvalue weighted by molar-refractivity contribution is 0.0691. The molecule has 1 amide bonds. The highest BCUT2D eigenvalue weighted by atomic mass is 16.5. The van der Waals surface area contributed by atoms with Crippen LogP contribution in [0.4, 0.5) is 0 Å². The van der Waals surface area contributed by atoms with Crippen LogP contribution in [0.15, 0.2) is 45.6 Å². The monoisotopic (exact) mass is 465 g/mol. The smallest absolute Gasteiger partial charge is 0.290 e. The number of rotatable bonds is 9. The summed E-state index contributed by atoms with van der Waals surface area (Å²) in [5.41, 5.74) is 2.03. The van der Waals surface area contributed by atoms with Crippen LogP contribution in [0.1, 0.15) is 60.5 Å². The Bertz CT molecular complexity index is 1260. The lowest BCUT2D eigenvalue weighted by Crippen LogP contribution is -2.32. The minimum atomic E-state index is -0.695. The molecule has 4 rings (SSSR count). The standard InChI is InChI=1S/C27H31NO6/c1-5-32-22-15-18(7-9-21(22)33-13-10-16(2)3)24-23-25(30)19-14-17(4)6-8-20(19)34-26(23)27(31)28(24)11-12-29/h6-9,14-16,24,29H,5,10-13H2,1-4H3/t24-/m0/s1. The molecule has 1 N–H and O–H groups in total. The second-order valence-corrected chi connectivity index (χ2v) is 8.97. The molecule has 0 saturated carbocycles. The van der Waals surface area contributed by atoms with E-state index in [1.54, 1.807) is 12.1 Å². The highest BCUT2D eigenvalue weighted by Gasteiger charge is 2.42. The number of aliphatic hydroxyl groups is 1. The summed E-state index contributed by atoms with van der Waals surface area (Å²) in [4.78, 5) is 28.3. The van der Waals surface area contributed by atoms with Crippen molar-refractivity contribution in [3.8, 4) is 11.5 Å². The maximum atomic E-state index is 13.6. The molecule has 2 aromatic carbocycles. The lowest BCUT2D eigenvalue weighted by atomic mass is 9.97. The normalized spacial score (nSPS) is 15.3. The van der Waals surface area contributed by atoms with E-state index in [1.165, 1.54) is 4.90 Å². The molecule has 180 valence electrons. The van der Waals surface area contributed by atoms with E-state index >= 15 is 0 Å². The van der Waals surface area contributed by atoms with E-state index in [9.17, 15) is 14.7 Å². The van der Waals surface area contributed by atoms with Crippen LogP contribution >= 0.6 is 0 Å². The zero-order chi connectivity index (χ0) is 24.4. The van der Waals surface area contributed by atoms with Gasteiger partial charge in [0.2, 0.25) is 5.76 Å². The van der Waals surface area contributed by atoms with Gasteiger partial charge in [-0.1, -0.05) is 31.5 Å². The number of hydrogen-bond acceptors (Lipinski definition) is 6. The van der Waals surface area contributed by atoms with Gasteiger partial charge in [0, 0.05) is 6.54 Å². The van der Waals surface area contributed by atoms with Gasteiger partial charge in [-0.2, -0.15) is 0 Å². The summed E-state index contributed by atoms with van der Waals surface area (Å²) in [6.45, 7) is 8.90. The molecule has 0 fully saturated rings. The molecule has 7 heteroatoms. The van der Waals surface area contributed by atoms with Gasteiger partial charge in [-0.25, -0.2) is 0 Å². The number of fused-ring (bicyclic) bond motifs is 2. The molecule has 3 aromatic rings. The summed E-state index contributed by atoms with van der Waals surface area (Å²) < 4.78 is 17.7. The van der Waals surface area contributed by atoms with Crippen molar-refractivity contribution in [3.05, 3.63) is 69.1 Å². The molecule has 0 aliphatic carbocycles. The average Bonchev–Trinajstić information content (AvgIpc) is 3.07. The van der Waals surface area contributed by atoms with Crippen LogP contribution in [0.25, 0.3) is 11.0 Å². The molecule has 2 heterocycles. The van der Waals surface area contributed by atoms with Gasteiger partial charge in [-0.3, -0.25) is 9.59 Å². The van der Waals surface area contributed by atoms with Gasteiger partial charge in [0.25, 0.3) is 5.91 Å². The molecule has 0 radical (unpaired) electrons. The number of amides is 1. The number of nitrogens with zero attached hydrogens (tertiary/aromatic N) is 1. The summed E-state index contributed by atoms with van der Waals surface area (Å²) in [5.74, 6) is 1.29. The van der Waals surface area contributed by atoms with Crippen LogP contribution in [0.5, 0.6) is 11.5 Å². The molecular weight excluding hydrogens is 434 g/mol. The van der Waals surface area contributed by atoms with E-state index in [0.29, 0.717) is 47.2 Å². The fourth-order valence-corrected chi connectivity index (χ4v) is 4.31. The summed E-state index contributed by atoms with van der Waals surface area (Å²) in [6.07, 6.45) is 0.912. The third-order valence-electron chi connectivity index (χ3n) is 6.00. The first-order valence-electron chi connectivity index (χ1n) is 11.7. The number of carbonyl (C=O) groups is 1. The Kier molecular flexibility index (Phi) is 6.93. The Hall–Kier alpha value is -3.32. The average molecular weight is 466 g/mol. The largest absolute Gasteiger partial charge is 0.490 e. The van der Waals surface area contributed by atoms with Gasteiger partial charge in [0.1, 0.15) is 5.58 Å². The van der Waals surface area contributed by atoms with Gasteiger partial charge < -0.3 is 23.9 Å². The predicted molar refractivity (Wildman–Crippen MR) is 130 cm³/mol. The van der Waals surface area contributed by atoms with Crippen molar-refractivity contribution in [3.63, 3.8) is 0 Å². The first kappa shape index (κ1) is 23.8. The van der Waals surface area contributed by atoms with E-state index in [1.807, 2.05) is 38.1 Å². The second-order valence-electron chi connectivity index (χ2n) is 8.97. The Morgan fingerprint density at radius 2 is 1.88 bits per heavy atom. The van der Waals surface area contributed by atoms with E-state index < -0.39 is 11.9 Å². The minimum Gasteiger partial charge on any atom is -0.490 e. The van der Waals surface area contributed by atoms with Gasteiger partial charge in [0.15, 0.2) is 16.9 Å². The summed E-state index contributed by atoms with van der Waals surface area (Å²) >= 11 is 0. The third kappa shape index (κ3) is 4.40. The fraction of sp³-hybridized carbons (Fsp3) is 0.407. The van der Waals surface area contributed by atoms with Crippen LogP contribution in [-0.2, 0) is 0 Å². The molecule has 0 saturated heterocycles. The lowest BCUT2D eigenvalue weighted by Gasteiger charge is -2.25. The molecule has 0 spiro atoms. The molecular formula is C27H31NO6. The van der Waals surface area contributed by atoms with Crippen molar-refractivity contribution in [2.45, 2.75) is 40.2 Å². The van der Waals surface area contributed by atoms with Crippen molar-refractivity contribution < 1.29 is 23.8 Å². The van der Waals surface area contributed by atoms with Crippen molar-refractivity contribution in [1.82, 2.24) is 4.90 Å². The molecule has 1 aliphatic heterocycles. The summed E-state index contributed by atoms with van der Waals surface area (Å²) in [7, 11) is 0. The van der Waals surface area contributed by atoms with Crippen LogP contribution in [-0.4, -0.2) is 42.3 Å². The van der Waals surface area contributed by atoms with Crippen LogP contribution in [0.2, 0.25) is 0 Å². The first-order chi connectivity index (χ1) is 16.3. The van der Waals surface area contributed by atoms with Crippen LogP contribution in [0, 0.1) is 12.8 Å². The highest BCUT2D eigenvalue weighted by Crippen LogP contribution is 2.41. The first-order valence-corrected chi connectivity index (χ1v) is 11.7. The van der Waals surface area contributed by atoms with E-state index in [-0.39, 0.29) is 29.9 Å². The topological polar surface area (TPSA) is 89.2 Å². The van der Waals surface area contributed by atoms with Gasteiger partial charge in [0.05, 0.1) is 36.8 Å².